The molecule has 0 saturated carbocycles. The number of aliphatic hydroxyl groups is 1. The Morgan fingerprint density at radius 1 is 1.47 bits per heavy atom. The van der Waals surface area contributed by atoms with Gasteiger partial charge in [0.2, 0.25) is 5.91 Å². The summed E-state index contributed by atoms with van der Waals surface area (Å²) in [4.78, 5) is 11.0. The molecule has 1 aromatic rings. The molecule has 0 aliphatic heterocycles. The molecule has 0 saturated heterocycles. The molecule has 1 amide bonds. The predicted octanol–water partition coefficient (Wildman–Crippen LogP) is 1.87. The Morgan fingerprint density at radius 2 is 2.06 bits per heavy atom. The van der Waals surface area contributed by atoms with E-state index >= 15 is 0 Å². The Kier molecular flexibility index (Phi) is 5.41. The molecule has 2 atom stereocenters. The average Bonchev–Trinajstić information content (AvgIpc) is 2.28. The maximum absolute atomic E-state index is 11.0. The maximum Gasteiger partial charge on any atom is 0.218 e. The van der Waals surface area contributed by atoms with Gasteiger partial charge in [-0.05, 0) is 24.6 Å². The van der Waals surface area contributed by atoms with Crippen LogP contribution in [0.5, 0.6) is 0 Å². The molecule has 0 radical (unpaired) electrons. The van der Waals surface area contributed by atoms with Crippen LogP contribution in [0.15, 0.2) is 24.3 Å². The summed E-state index contributed by atoms with van der Waals surface area (Å²) in [6, 6.07) is 6.75. The van der Waals surface area contributed by atoms with E-state index in [2.05, 4.69) is 5.32 Å². The molecule has 0 heterocycles. The van der Waals surface area contributed by atoms with Crippen LogP contribution in [0, 0.1) is 0 Å². The van der Waals surface area contributed by atoms with E-state index in [1.165, 1.54) is 6.92 Å². The Morgan fingerprint density at radius 3 is 2.53 bits per heavy atom. The Bertz CT molecular complexity index is 367. The van der Waals surface area contributed by atoms with Crippen LogP contribution < -0.4 is 5.32 Å². The number of hydrogen-bond donors (Lipinski definition) is 2. The molecule has 0 bridgehead atoms. The highest BCUT2D eigenvalue weighted by molar-refractivity contribution is 6.30. The summed E-state index contributed by atoms with van der Waals surface area (Å²) >= 11 is 5.76. The third kappa shape index (κ3) is 4.34. The van der Waals surface area contributed by atoms with Crippen molar-refractivity contribution in [3.8, 4) is 0 Å². The average molecular weight is 258 g/mol. The SMILES string of the molecule is CCO[C@H](NC(C)=O)[C@@H](O)c1ccc(Cl)cc1. The van der Waals surface area contributed by atoms with Gasteiger partial charge in [0.1, 0.15) is 6.10 Å². The van der Waals surface area contributed by atoms with Crippen LogP contribution in [0.4, 0.5) is 0 Å². The second-order valence-electron chi connectivity index (χ2n) is 3.57. The molecule has 17 heavy (non-hydrogen) atoms. The zero-order chi connectivity index (χ0) is 12.8. The van der Waals surface area contributed by atoms with Crippen LogP contribution in [0.2, 0.25) is 5.02 Å². The lowest BCUT2D eigenvalue weighted by Crippen LogP contribution is -2.40. The number of aliphatic hydroxyl groups excluding tert-OH is 1. The topological polar surface area (TPSA) is 58.6 Å². The zero-order valence-electron chi connectivity index (χ0n) is 9.81. The van der Waals surface area contributed by atoms with Gasteiger partial charge in [0.25, 0.3) is 0 Å². The summed E-state index contributed by atoms with van der Waals surface area (Å²) < 4.78 is 5.28. The highest BCUT2D eigenvalue weighted by Gasteiger charge is 2.21. The molecule has 4 nitrogen and oxygen atoms in total. The maximum atomic E-state index is 11.0. The van der Waals surface area contributed by atoms with Crippen LogP contribution in [0.25, 0.3) is 0 Å². The quantitative estimate of drug-likeness (QED) is 0.792. The second kappa shape index (κ2) is 6.59. The van der Waals surface area contributed by atoms with Gasteiger partial charge in [0, 0.05) is 18.6 Å². The van der Waals surface area contributed by atoms with E-state index in [0.29, 0.717) is 17.2 Å². The zero-order valence-corrected chi connectivity index (χ0v) is 10.6. The van der Waals surface area contributed by atoms with E-state index < -0.39 is 12.3 Å². The molecule has 0 aromatic heterocycles. The van der Waals surface area contributed by atoms with E-state index in [1.54, 1.807) is 31.2 Å². The van der Waals surface area contributed by atoms with Crippen molar-refractivity contribution >= 4 is 17.5 Å². The fourth-order valence-electron chi connectivity index (χ4n) is 1.43. The van der Waals surface area contributed by atoms with Gasteiger partial charge in [-0.15, -0.1) is 0 Å². The largest absolute Gasteiger partial charge is 0.384 e. The third-order valence-corrected chi connectivity index (χ3v) is 2.44. The van der Waals surface area contributed by atoms with Gasteiger partial charge in [0.15, 0.2) is 6.23 Å². The summed E-state index contributed by atoms with van der Waals surface area (Å²) in [6.45, 7) is 3.57. The summed E-state index contributed by atoms with van der Waals surface area (Å²) in [6.07, 6.45) is -1.67. The Balaban J connectivity index is 2.79. The first kappa shape index (κ1) is 14.0. The number of ether oxygens (including phenoxy) is 1. The number of amides is 1. The highest BCUT2D eigenvalue weighted by atomic mass is 35.5. The lowest BCUT2D eigenvalue weighted by molar-refractivity contribution is -0.128. The van der Waals surface area contributed by atoms with Gasteiger partial charge in [-0.25, -0.2) is 0 Å². The van der Waals surface area contributed by atoms with Crippen molar-refractivity contribution in [3.05, 3.63) is 34.9 Å². The molecule has 0 fully saturated rings. The molecule has 0 aliphatic carbocycles. The Hall–Kier alpha value is -1.10. The molecule has 0 aliphatic rings. The van der Waals surface area contributed by atoms with Gasteiger partial charge in [-0.1, -0.05) is 23.7 Å². The van der Waals surface area contributed by atoms with Gasteiger partial charge >= 0.3 is 0 Å². The first-order valence-electron chi connectivity index (χ1n) is 5.36. The summed E-state index contributed by atoms with van der Waals surface area (Å²) in [5.74, 6) is -0.253. The van der Waals surface area contributed by atoms with E-state index in [4.69, 9.17) is 16.3 Å². The molecule has 1 rings (SSSR count). The molecule has 0 spiro atoms. The fourth-order valence-corrected chi connectivity index (χ4v) is 1.55. The van der Waals surface area contributed by atoms with Crippen LogP contribution >= 0.6 is 11.6 Å². The van der Waals surface area contributed by atoms with Gasteiger partial charge in [-0.3, -0.25) is 4.79 Å². The fraction of sp³-hybridized carbons (Fsp3) is 0.417. The van der Waals surface area contributed by atoms with Crippen LogP contribution in [0.1, 0.15) is 25.5 Å². The van der Waals surface area contributed by atoms with Gasteiger partial charge in [-0.2, -0.15) is 0 Å². The van der Waals surface area contributed by atoms with Crippen molar-refractivity contribution in [1.29, 1.82) is 0 Å². The first-order chi connectivity index (χ1) is 8.04. The number of benzene rings is 1. The minimum absolute atomic E-state index is 0.253. The van der Waals surface area contributed by atoms with E-state index in [-0.39, 0.29) is 5.91 Å². The summed E-state index contributed by atoms with van der Waals surface area (Å²) in [5.41, 5.74) is 0.640. The minimum Gasteiger partial charge on any atom is -0.384 e. The molecular formula is C12H16ClNO3. The van der Waals surface area contributed by atoms with E-state index in [9.17, 15) is 9.90 Å². The van der Waals surface area contributed by atoms with E-state index in [1.807, 2.05) is 0 Å². The van der Waals surface area contributed by atoms with Gasteiger partial charge < -0.3 is 15.2 Å². The van der Waals surface area contributed by atoms with Crippen LogP contribution in [0.3, 0.4) is 0 Å². The normalized spacial score (nSPS) is 14.1. The van der Waals surface area contributed by atoms with Crippen LogP contribution in [-0.4, -0.2) is 23.8 Å². The smallest absolute Gasteiger partial charge is 0.218 e. The van der Waals surface area contributed by atoms with Crippen molar-refractivity contribution in [2.45, 2.75) is 26.2 Å². The lowest BCUT2D eigenvalue weighted by atomic mass is 10.1. The third-order valence-electron chi connectivity index (χ3n) is 2.19. The van der Waals surface area contributed by atoms with E-state index in [0.717, 1.165) is 0 Å². The number of nitrogens with one attached hydrogen (secondary N) is 1. The molecule has 1 aromatic carbocycles. The summed E-state index contributed by atoms with van der Waals surface area (Å²) in [7, 11) is 0. The predicted molar refractivity (Wildman–Crippen MR) is 65.6 cm³/mol. The molecule has 94 valence electrons. The monoisotopic (exact) mass is 257 g/mol. The highest BCUT2D eigenvalue weighted by Crippen LogP contribution is 2.20. The molecule has 2 N–H and O–H groups in total. The number of carbonyl (C=O) groups excluding carboxylic acids is 1. The lowest BCUT2D eigenvalue weighted by Gasteiger charge is -2.23. The van der Waals surface area contributed by atoms with Crippen molar-refractivity contribution in [2.24, 2.45) is 0 Å². The molecule has 0 unspecified atom stereocenters. The number of rotatable bonds is 5. The van der Waals surface area contributed by atoms with Crippen molar-refractivity contribution < 1.29 is 14.6 Å². The van der Waals surface area contributed by atoms with Crippen molar-refractivity contribution in [2.75, 3.05) is 6.61 Å². The summed E-state index contributed by atoms with van der Waals surface area (Å²) in [5, 5.41) is 13.2. The van der Waals surface area contributed by atoms with Crippen LogP contribution in [-0.2, 0) is 9.53 Å². The Labute approximate surface area is 106 Å². The molecule has 5 heteroatoms. The number of hydrogen-bond acceptors (Lipinski definition) is 3. The molecular weight excluding hydrogens is 242 g/mol. The number of halogens is 1. The number of carbonyl (C=O) groups is 1. The van der Waals surface area contributed by atoms with Gasteiger partial charge in [0.05, 0.1) is 0 Å². The van der Waals surface area contributed by atoms with Crippen molar-refractivity contribution in [1.82, 2.24) is 5.32 Å². The minimum atomic E-state index is -0.920. The first-order valence-corrected chi connectivity index (χ1v) is 5.74. The standard InChI is InChI=1S/C12H16ClNO3/c1-3-17-12(14-8(2)15)11(16)9-4-6-10(13)7-5-9/h4-7,11-12,16H,3H2,1-2H3,(H,14,15)/t11-,12-/m0/s1. The van der Waals surface area contributed by atoms with Crippen molar-refractivity contribution in [3.63, 3.8) is 0 Å². The second-order valence-corrected chi connectivity index (χ2v) is 4.01.